The maximum atomic E-state index is 11.8. The van der Waals surface area contributed by atoms with Crippen LogP contribution in [0.2, 0.25) is 0 Å². The molecular weight excluding hydrogens is 256 g/mol. The monoisotopic (exact) mass is 274 g/mol. The summed E-state index contributed by atoms with van der Waals surface area (Å²) in [6.07, 6.45) is 8.59. The lowest BCUT2D eigenvalue weighted by molar-refractivity contribution is 0.407. The van der Waals surface area contributed by atoms with Gasteiger partial charge in [0.05, 0.1) is 0 Å². The molecule has 20 heavy (non-hydrogen) atoms. The maximum absolute atomic E-state index is 11.8. The van der Waals surface area contributed by atoms with Crippen molar-refractivity contribution in [3.63, 3.8) is 0 Å². The average Bonchev–Trinajstić information content (AvgIpc) is 2.45. The van der Waals surface area contributed by atoms with Crippen LogP contribution >= 0.6 is 0 Å². The Labute approximate surface area is 116 Å². The highest BCUT2D eigenvalue weighted by Gasteiger charge is 2.09. The second kappa shape index (κ2) is 6.84. The molecule has 0 aliphatic carbocycles. The molecule has 2 rings (SSSR count). The summed E-state index contributed by atoms with van der Waals surface area (Å²) in [5.74, 6) is -0.632. The van der Waals surface area contributed by atoms with Gasteiger partial charge in [-0.2, -0.15) is 0 Å². The minimum Gasteiger partial charge on any atom is -0.372 e. The van der Waals surface area contributed by atoms with Crippen LogP contribution < -0.4 is 11.4 Å². The molecular formula is C15H18N2O3. The van der Waals surface area contributed by atoms with Gasteiger partial charge in [-0.05, 0) is 31.4 Å². The van der Waals surface area contributed by atoms with Gasteiger partial charge < -0.3 is 4.42 Å². The number of fused-ring (bicyclic) bond motifs is 1. The first kappa shape index (κ1) is 14.2. The zero-order valence-corrected chi connectivity index (χ0v) is 11.4. The van der Waals surface area contributed by atoms with E-state index in [1.807, 2.05) is 6.08 Å². The fourth-order valence-corrected chi connectivity index (χ4v) is 2.16. The van der Waals surface area contributed by atoms with Crippen molar-refractivity contribution in [3.05, 3.63) is 52.0 Å². The first-order chi connectivity index (χ1) is 9.74. The van der Waals surface area contributed by atoms with Crippen LogP contribution in [0.15, 0.2) is 45.0 Å². The fraction of sp³-hybridized carbons (Fsp3) is 0.400. The van der Waals surface area contributed by atoms with Gasteiger partial charge >= 0.3 is 11.4 Å². The summed E-state index contributed by atoms with van der Waals surface area (Å²) in [6.45, 7) is 4.20. The van der Waals surface area contributed by atoms with E-state index in [9.17, 15) is 9.59 Å². The van der Waals surface area contributed by atoms with Gasteiger partial charge in [-0.25, -0.2) is 14.6 Å². The van der Waals surface area contributed by atoms with Crippen molar-refractivity contribution in [3.8, 4) is 0 Å². The molecule has 2 aromatic heterocycles. The Balaban J connectivity index is 2.12. The molecule has 0 spiro atoms. The predicted molar refractivity (Wildman–Crippen MR) is 77.8 cm³/mol. The number of unbranched alkanes of at least 4 members (excludes halogenated alkanes) is 4. The number of allylic oxidation sites excluding steroid dienone is 1. The average molecular weight is 274 g/mol. The molecule has 5 heteroatoms. The minimum absolute atomic E-state index is 0.346. The van der Waals surface area contributed by atoms with Gasteiger partial charge in [-0.1, -0.05) is 18.9 Å². The normalized spacial score (nSPS) is 10.8. The van der Waals surface area contributed by atoms with Gasteiger partial charge in [0.25, 0.3) is 0 Å². The third-order valence-electron chi connectivity index (χ3n) is 3.20. The fourth-order valence-electron chi connectivity index (χ4n) is 2.16. The van der Waals surface area contributed by atoms with E-state index in [4.69, 9.17) is 4.42 Å². The van der Waals surface area contributed by atoms with Crippen LogP contribution in [0.4, 0.5) is 0 Å². The van der Waals surface area contributed by atoms with Crippen LogP contribution in [0.5, 0.6) is 0 Å². The predicted octanol–water partition coefficient (Wildman–Crippen LogP) is 2.49. The largest absolute Gasteiger partial charge is 0.423 e. The maximum Gasteiger partial charge on any atom is 0.423 e. The lowest BCUT2D eigenvalue weighted by Gasteiger charge is -2.06. The quantitative estimate of drug-likeness (QED) is 0.574. The molecule has 0 fully saturated rings. The van der Waals surface area contributed by atoms with Crippen LogP contribution in [-0.4, -0.2) is 9.55 Å². The first-order valence-corrected chi connectivity index (χ1v) is 6.83. The third-order valence-corrected chi connectivity index (χ3v) is 3.20. The molecule has 0 saturated carbocycles. The molecule has 0 aromatic carbocycles. The molecule has 0 aliphatic rings. The van der Waals surface area contributed by atoms with Crippen LogP contribution in [0.1, 0.15) is 32.1 Å². The summed E-state index contributed by atoms with van der Waals surface area (Å²) in [5.41, 5.74) is -0.222. The topological polar surface area (TPSA) is 65.1 Å². The van der Waals surface area contributed by atoms with Crippen molar-refractivity contribution in [2.24, 2.45) is 0 Å². The van der Waals surface area contributed by atoms with E-state index >= 15 is 0 Å². The van der Waals surface area contributed by atoms with Crippen molar-refractivity contribution in [2.45, 2.75) is 38.6 Å². The molecule has 0 radical (unpaired) electrons. The zero-order chi connectivity index (χ0) is 14.4. The molecule has 0 bridgehead atoms. The van der Waals surface area contributed by atoms with Crippen molar-refractivity contribution in [2.75, 3.05) is 0 Å². The Hall–Kier alpha value is -2.17. The molecule has 0 aliphatic heterocycles. The second-order valence-corrected chi connectivity index (χ2v) is 4.67. The van der Waals surface area contributed by atoms with Crippen molar-refractivity contribution >= 4 is 11.0 Å². The summed E-state index contributed by atoms with van der Waals surface area (Å²) < 4.78 is 6.15. The molecule has 2 aromatic rings. The zero-order valence-electron chi connectivity index (χ0n) is 11.4. The molecule has 0 saturated heterocycles. The van der Waals surface area contributed by atoms with Crippen LogP contribution in [0.3, 0.4) is 0 Å². The van der Waals surface area contributed by atoms with Gasteiger partial charge in [-0.3, -0.25) is 4.57 Å². The summed E-state index contributed by atoms with van der Waals surface area (Å²) >= 11 is 0. The summed E-state index contributed by atoms with van der Waals surface area (Å²) in [6, 6.07) is 3.28. The van der Waals surface area contributed by atoms with Crippen molar-refractivity contribution < 1.29 is 4.42 Å². The molecule has 0 atom stereocenters. The van der Waals surface area contributed by atoms with Gasteiger partial charge in [0, 0.05) is 12.7 Å². The van der Waals surface area contributed by atoms with E-state index in [-0.39, 0.29) is 0 Å². The van der Waals surface area contributed by atoms with E-state index in [1.165, 1.54) is 4.57 Å². The van der Waals surface area contributed by atoms with E-state index in [0.717, 1.165) is 32.1 Å². The highest BCUT2D eigenvalue weighted by molar-refractivity contribution is 5.72. The van der Waals surface area contributed by atoms with Gasteiger partial charge in [-0.15, -0.1) is 6.58 Å². The van der Waals surface area contributed by atoms with Crippen LogP contribution in [-0.2, 0) is 6.54 Å². The third kappa shape index (κ3) is 3.23. The van der Waals surface area contributed by atoms with Gasteiger partial charge in [0.15, 0.2) is 5.65 Å². The number of hydrogen-bond donors (Lipinski definition) is 0. The van der Waals surface area contributed by atoms with E-state index < -0.39 is 11.4 Å². The number of nitrogens with zero attached hydrogens (tertiary/aromatic N) is 2. The van der Waals surface area contributed by atoms with Gasteiger partial charge in [0.1, 0.15) is 5.39 Å². The lowest BCUT2D eigenvalue weighted by Crippen LogP contribution is -2.25. The SMILES string of the molecule is C=CCCCCCCn1c(=O)oc(=O)c2cccnc21. The Morgan fingerprint density at radius 1 is 1.25 bits per heavy atom. The van der Waals surface area contributed by atoms with Crippen LogP contribution in [0.25, 0.3) is 11.0 Å². The number of aromatic nitrogens is 2. The Kier molecular flexibility index (Phi) is 4.87. The number of hydrogen-bond acceptors (Lipinski definition) is 4. The second-order valence-electron chi connectivity index (χ2n) is 4.67. The summed E-state index contributed by atoms with van der Waals surface area (Å²) in [5, 5.41) is 0.346. The molecule has 0 amide bonds. The molecule has 2 heterocycles. The molecule has 0 N–H and O–H groups in total. The summed E-state index contributed by atoms with van der Waals surface area (Å²) in [4.78, 5) is 27.5. The minimum atomic E-state index is -0.632. The lowest BCUT2D eigenvalue weighted by atomic mass is 10.1. The molecule has 106 valence electrons. The van der Waals surface area contributed by atoms with Crippen molar-refractivity contribution in [1.29, 1.82) is 0 Å². The highest BCUT2D eigenvalue weighted by atomic mass is 16.4. The van der Waals surface area contributed by atoms with E-state index in [1.54, 1.807) is 18.3 Å². The number of rotatable bonds is 7. The molecule has 0 unspecified atom stereocenters. The van der Waals surface area contributed by atoms with E-state index in [2.05, 4.69) is 11.6 Å². The Morgan fingerprint density at radius 3 is 2.85 bits per heavy atom. The summed E-state index contributed by atoms with van der Waals surface area (Å²) in [7, 11) is 0. The standard InChI is InChI=1S/C15H18N2O3/c1-2-3-4-5-6-7-11-17-13-12(9-8-10-16-13)14(18)20-15(17)19/h2,8-10H,1,3-7,11H2. The molecule has 5 nitrogen and oxygen atoms in total. The number of aryl methyl sites for hydroxylation is 1. The Morgan fingerprint density at radius 2 is 2.05 bits per heavy atom. The first-order valence-electron chi connectivity index (χ1n) is 6.83. The Bertz CT molecular complexity index is 700. The van der Waals surface area contributed by atoms with Gasteiger partial charge in [0.2, 0.25) is 0 Å². The van der Waals surface area contributed by atoms with Crippen molar-refractivity contribution in [1.82, 2.24) is 9.55 Å². The van der Waals surface area contributed by atoms with Crippen LogP contribution in [0, 0.1) is 0 Å². The van der Waals surface area contributed by atoms with E-state index in [0.29, 0.717) is 17.6 Å². The highest BCUT2D eigenvalue weighted by Crippen LogP contribution is 2.07. The number of pyridine rings is 1. The smallest absolute Gasteiger partial charge is 0.372 e.